The molecule has 1 amide bonds. The van der Waals surface area contributed by atoms with Crippen LogP contribution >= 0.6 is 15.9 Å². The van der Waals surface area contributed by atoms with Crippen LogP contribution in [0.1, 0.15) is 16.2 Å². The lowest BCUT2D eigenvalue weighted by Gasteiger charge is -2.07. The van der Waals surface area contributed by atoms with Crippen LogP contribution in [0.3, 0.4) is 0 Å². The SMILES string of the molecule is Nc1cc(Br)ccc1C(=O)NCCc1ncn[nH]1. The van der Waals surface area contributed by atoms with Crippen molar-refractivity contribution in [2.45, 2.75) is 6.42 Å². The van der Waals surface area contributed by atoms with Gasteiger partial charge in [0.1, 0.15) is 12.2 Å². The molecule has 1 aromatic heterocycles. The topological polar surface area (TPSA) is 96.7 Å². The molecule has 0 bridgehead atoms. The summed E-state index contributed by atoms with van der Waals surface area (Å²) in [5.74, 6) is 0.540. The number of nitrogens with one attached hydrogen (secondary N) is 2. The van der Waals surface area contributed by atoms with Crippen LogP contribution in [0.4, 0.5) is 5.69 Å². The van der Waals surface area contributed by atoms with E-state index in [1.165, 1.54) is 6.33 Å². The van der Waals surface area contributed by atoms with Gasteiger partial charge in [-0.3, -0.25) is 9.89 Å². The second kappa shape index (κ2) is 5.63. The molecule has 0 atom stereocenters. The highest BCUT2D eigenvalue weighted by Crippen LogP contribution is 2.18. The quantitative estimate of drug-likeness (QED) is 0.737. The number of H-pyrrole nitrogens is 1. The zero-order valence-corrected chi connectivity index (χ0v) is 11.1. The number of rotatable bonds is 4. The lowest BCUT2D eigenvalue weighted by Crippen LogP contribution is -2.26. The average Bonchev–Trinajstić information content (AvgIpc) is 2.81. The molecule has 18 heavy (non-hydrogen) atoms. The lowest BCUT2D eigenvalue weighted by molar-refractivity contribution is 0.0955. The first kappa shape index (κ1) is 12.6. The molecule has 0 aliphatic carbocycles. The highest BCUT2D eigenvalue weighted by atomic mass is 79.9. The fourth-order valence-corrected chi connectivity index (χ4v) is 1.86. The van der Waals surface area contributed by atoms with Crippen molar-refractivity contribution in [1.82, 2.24) is 20.5 Å². The van der Waals surface area contributed by atoms with E-state index in [9.17, 15) is 4.79 Å². The minimum Gasteiger partial charge on any atom is -0.398 e. The van der Waals surface area contributed by atoms with Crippen molar-refractivity contribution in [2.75, 3.05) is 12.3 Å². The van der Waals surface area contributed by atoms with Gasteiger partial charge in [-0.25, -0.2) is 4.98 Å². The molecular formula is C11H12BrN5O. The molecule has 7 heteroatoms. The van der Waals surface area contributed by atoms with E-state index in [2.05, 4.69) is 36.4 Å². The summed E-state index contributed by atoms with van der Waals surface area (Å²) < 4.78 is 0.846. The number of amides is 1. The highest BCUT2D eigenvalue weighted by molar-refractivity contribution is 9.10. The molecule has 1 aromatic carbocycles. The zero-order valence-electron chi connectivity index (χ0n) is 9.48. The van der Waals surface area contributed by atoms with Crippen molar-refractivity contribution >= 4 is 27.5 Å². The first-order valence-corrected chi connectivity index (χ1v) is 6.13. The van der Waals surface area contributed by atoms with E-state index in [1.54, 1.807) is 18.2 Å². The Hall–Kier alpha value is -1.89. The summed E-state index contributed by atoms with van der Waals surface area (Å²) in [7, 11) is 0. The van der Waals surface area contributed by atoms with Gasteiger partial charge < -0.3 is 11.1 Å². The smallest absolute Gasteiger partial charge is 0.253 e. The molecule has 0 saturated heterocycles. The number of aromatic nitrogens is 3. The molecule has 0 spiro atoms. The fourth-order valence-electron chi connectivity index (χ4n) is 1.48. The van der Waals surface area contributed by atoms with E-state index in [0.29, 0.717) is 24.2 Å². The second-order valence-corrected chi connectivity index (χ2v) is 4.59. The van der Waals surface area contributed by atoms with Crippen molar-refractivity contribution in [3.05, 3.63) is 40.4 Å². The van der Waals surface area contributed by atoms with E-state index < -0.39 is 0 Å². The zero-order chi connectivity index (χ0) is 13.0. The Morgan fingerprint density at radius 3 is 3.00 bits per heavy atom. The molecule has 0 aliphatic rings. The Bertz CT molecular complexity index is 540. The Kier molecular flexibility index (Phi) is 3.93. The Labute approximate surface area is 112 Å². The molecule has 94 valence electrons. The summed E-state index contributed by atoms with van der Waals surface area (Å²) in [6.45, 7) is 0.476. The number of aromatic amines is 1. The number of carbonyl (C=O) groups excluding carboxylic acids is 1. The number of hydrogen-bond donors (Lipinski definition) is 3. The van der Waals surface area contributed by atoms with Crippen molar-refractivity contribution in [2.24, 2.45) is 0 Å². The summed E-state index contributed by atoms with van der Waals surface area (Å²) >= 11 is 3.29. The van der Waals surface area contributed by atoms with Crippen molar-refractivity contribution in [3.63, 3.8) is 0 Å². The Balaban J connectivity index is 1.91. The van der Waals surface area contributed by atoms with E-state index in [1.807, 2.05) is 0 Å². The molecule has 2 aromatic rings. The van der Waals surface area contributed by atoms with Gasteiger partial charge in [0.15, 0.2) is 0 Å². The molecule has 4 N–H and O–H groups in total. The Morgan fingerprint density at radius 2 is 2.33 bits per heavy atom. The van der Waals surface area contributed by atoms with Gasteiger partial charge >= 0.3 is 0 Å². The predicted octanol–water partition coefficient (Wildman–Crippen LogP) is 1.12. The minimum absolute atomic E-state index is 0.195. The van der Waals surface area contributed by atoms with Gasteiger partial charge in [0.25, 0.3) is 5.91 Å². The van der Waals surface area contributed by atoms with E-state index in [0.717, 1.165) is 10.3 Å². The van der Waals surface area contributed by atoms with Gasteiger partial charge in [-0.05, 0) is 18.2 Å². The van der Waals surface area contributed by atoms with Gasteiger partial charge in [-0.1, -0.05) is 15.9 Å². The summed E-state index contributed by atoms with van der Waals surface area (Å²) in [5.41, 5.74) is 6.68. The number of nitrogen functional groups attached to an aromatic ring is 1. The molecule has 2 rings (SSSR count). The number of anilines is 1. The molecule has 6 nitrogen and oxygen atoms in total. The maximum absolute atomic E-state index is 11.9. The van der Waals surface area contributed by atoms with Crippen molar-refractivity contribution < 1.29 is 4.79 Å². The van der Waals surface area contributed by atoms with E-state index in [4.69, 9.17) is 5.73 Å². The van der Waals surface area contributed by atoms with Gasteiger partial charge in [0.05, 0.1) is 5.56 Å². The van der Waals surface area contributed by atoms with Gasteiger partial charge in [0, 0.05) is 23.1 Å². The molecule has 0 aliphatic heterocycles. The number of carbonyl (C=O) groups is 1. The number of nitrogens with zero attached hydrogens (tertiary/aromatic N) is 2. The van der Waals surface area contributed by atoms with Crippen LogP contribution in [0.15, 0.2) is 29.0 Å². The van der Waals surface area contributed by atoms with Crippen LogP contribution in [0, 0.1) is 0 Å². The van der Waals surface area contributed by atoms with Crippen LogP contribution in [0.2, 0.25) is 0 Å². The molecule has 0 unspecified atom stereocenters. The lowest BCUT2D eigenvalue weighted by atomic mass is 10.1. The fraction of sp³-hybridized carbons (Fsp3) is 0.182. The van der Waals surface area contributed by atoms with Gasteiger partial charge in [-0.2, -0.15) is 5.10 Å². The third kappa shape index (κ3) is 3.07. The van der Waals surface area contributed by atoms with Crippen molar-refractivity contribution in [3.8, 4) is 0 Å². The van der Waals surface area contributed by atoms with E-state index in [-0.39, 0.29) is 5.91 Å². The number of halogens is 1. The second-order valence-electron chi connectivity index (χ2n) is 3.67. The highest BCUT2D eigenvalue weighted by Gasteiger charge is 2.09. The number of nitrogens with two attached hydrogens (primary N) is 1. The maximum Gasteiger partial charge on any atom is 0.253 e. The first-order chi connectivity index (χ1) is 8.66. The minimum atomic E-state index is -0.195. The largest absolute Gasteiger partial charge is 0.398 e. The standard InChI is InChI=1S/C11H12BrN5O/c12-7-1-2-8(9(13)5-7)11(18)14-4-3-10-15-6-16-17-10/h1-2,5-6H,3-4,13H2,(H,14,18)(H,15,16,17). The molecular weight excluding hydrogens is 298 g/mol. The number of benzene rings is 1. The summed E-state index contributed by atoms with van der Waals surface area (Å²) in [6, 6.07) is 5.16. The van der Waals surface area contributed by atoms with Crippen LogP contribution in [0.25, 0.3) is 0 Å². The van der Waals surface area contributed by atoms with Crippen LogP contribution in [0.5, 0.6) is 0 Å². The Morgan fingerprint density at radius 1 is 1.50 bits per heavy atom. The summed E-state index contributed by atoms with van der Waals surface area (Å²) in [5, 5.41) is 9.23. The summed E-state index contributed by atoms with van der Waals surface area (Å²) in [6.07, 6.45) is 2.03. The normalized spacial score (nSPS) is 10.3. The van der Waals surface area contributed by atoms with Crippen LogP contribution in [-0.4, -0.2) is 27.6 Å². The van der Waals surface area contributed by atoms with Crippen LogP contribution in [-0.2, 0) is 6.42 Å². The van der Waals surface area contributed by atoms with Crippen LogP contribution < -0.4 is 11.1 Å². The third-order valence-electron chi connectivity index (χ3n) is 2.37. The third-order valence-corrected chi connectivity index (χ3v) is 2.86. The van der Waals surface area contributed by atoms with Crippen molar-refractivity contribution in [1.29, 1.82) is 0 Å². The molecule has 0 saturated carbocycles. The van der Waals surface area contributed by atoms with E-state index >= 15 is 0 Å². The number of hydrogen-bond acceptors (Lipinski definition) is 4. The summed E-state index contributed by atoms with van der Waals surface area (Å²) in [4.78, 5) is 15.8. The molecule has 0 fully saturated rings. The molecule has 1 heterocycles. The van der Waals surface area contributed by atoms with Gasteiger partial charge in [0.2, 0.25) is 0 Å². The van der Waals surface area contributed by atoms with Gasteiger partial charge in [-0.15, -0.1) is 0 Å². The molecule has 0 radical (unpaired) electrons. The average molecular weight is 310 g/mol. The monoisotopic (exact) mass is 309 g/mol. The predicted molar refractivity (Wildman–Crippen MR) is 71.0 cm³/mol. The maximum atomic E-state index is 11.9. The first-order valence-electron chi connectivity index (χ1n) is 5.34.